The Morgan fingerprint density at radius 1 is 1.14 bits per heavy atom. The van der Waals surface area contributed by atoms with E-state index in [2.05, 4.69) is 6.92 Å². The van der Waals surface area contributed by atoms with Crippen LogP contribution < -0.4 is 0 Å². The number of para-hydroxylation sites is 1. The van der Waals surface area contributed by atoms with Gasteiger partial charge in [-0.05, 0) is 38.7 Å². The van der Waals surface area contributed by atoms with Gasteiger partial charge in [0, 0.05) is 43.3 Å². The Kier molecular flexibility index (Phi) is 6.17. The van der Waals surface area contributed by atoms with Gasteiger partial charge in [0.15, 0.2) is 0 Å². The number of carbonyl (C=O) groups is 3. The van der Waals surface area contributed by atoms with E-state index in [9.17, 15) is 14.4 Å². The normalized spacial score (nSPS) is 17.0. The number of aromatic nitrogens is 1. The number of hydrogen-bond acceptors (Lipinski definition) is 3. The lowest BCUT2D eigenvalue weighted by molar-refractivity contribution is -0.131. The molecule has 0 radical (unpaired) electrons. The van der Waals surface area contributed by atoms with Crippen molar-refractivity contribution in [2.75, 3.05) is 26.2 Å². The third kappa shape index (κ3) is 3.96. The summed E-state index contributed by atoms with van der Waals surface area (Å²) in [6.07, 6.45) is 3.69. The summed E-state index contributed by atoms with van der Waals surface area (Å²) in [7, 11) is 0. The Morgan fingerprint density at radius 2 is 1.86 bits per heavy atom. The molecular weight excluding hydrogens is 354 g/mol. The van der Waals surface area contributed by atoms with Crippen LogP contribution in [0.2, 0.25) is 0 Å². The second kappa shape index (κ2) is 8.59. The van der Waals surface area contributed by atoms with E-state index in [1.165, 1.54) is 0 Å². The smallest absolute Gasteiger partial charge is 0.295 e. The number of hydrogen-bond donors (Lipinski definition) is 0. The highest BCUT2D eigenvalue weighted by Gasteiger charge is 2.29. The molecule has 1 unspecified atom stereocenters. The second-order valence-corrected chi connectivity index (χ2v) is 7.58. The standard InChI is InChI=1S/C22H29N3O3/c1-4-23(5-2)20(26)15-25-14-18(17-10-6-7-11-19(17)25)21(27)22(28)24-12-8-9-16(3)13-24/h6-7,10-11,14,16H,4-5,8-9,12-13,15H2,1-3H3. The summed E-state index contributed by atoms with van der Waals surface area (Å²) < 4.78 is 1.79. The van der Waals surface area contributed by atoms with Gasteiger partial charge in [-0.15, -0.1) is 0 Å². The van der Waals surface area contributed by atoms with Gasteiger partial charge in [-0.2, -0.15) is 0 Å². The molecule has 1 aromatic carbocycles. The molecule has 6 heteroatoms. The largest absolute Gasteiger partial charge is 0.342 e. The van der Waals surface area contributed by atoms with Crippen LogP contribution in [0, 0.1) is 5.92 Å². The maximum atomic E-state index is 13.0. The number of likely N-dealkylation sites (tertiary alicyclic amines) is 1. The first-order chi connectivity index (χ1) is 13.5. The minimum atomic E-state index is -0.487. The summed E-state index contributed by atoms with van der Waals surface area (Å²) >= 11 is 0. The van der Waals surface area contributed by atoms with Crippen molar-refractivity contribution in [1.29, 1.82) is 0 Å². The zero-order valence-electron chi connectivity index (χ0n) is 17.0. The minimum absolute atomic E-state index is 0.000865. The highest BCUT2D eigenvalue weighted by Crippen LogP contribution is 2.24. The van der Waals surface area contributed by atoms with E-state index in [1.807, 2.05) is 38.1 Å². The summed E-state index contributed by atoms with van der Waals surface area (Å²) in [4.78, 5) is 41.8. The molecule has 28 heavy (non-hydrogen) atoms. The summed E-state index contributed by atoms with van der Waals surface area (Å²) in [5, 5.41) is 0.721. The van der Waals surface area contributed by atoms with E-state index in [4.69, 9.17) is 0 Å². The van der Waals surface area contributed by atoms with E-state index < -0.39 is 11.7 Å². The molecule has 3 rings (SSSR count). The molecule has 0 aliphatic carbocycles. The first-order valence-corrected chi connectivity index (χ1v) is 10.2. The van der Waals surface area contributed by atoms with Crippen LogP contribution in [0.4, 0.5) is 0 Å². The third-order valence-electron chi connectivity index (χ3n) is 5.59. The number of ketones is 1. The van der Waals surface area contributed by atoms with Crippen LogP contribution in [-0.2, 0) is 16.1 Å². The number of likely N-dealkylation sites (N-methyl/N-ethyl adjacent to an activating group) is 1. The van der Waals surface area contributed by atoms with E-state index in [0.717, 1.165) is 23.7 Å². The highest BCUT2D eigenvalue weighted by molar-refractivity contribution is 6.44. The van der Waals surface area contributed by atoms with Gasteiger partial charge >= 0.3 is 0 Å². The third-order valence-corrected chi connectivity index (χ3v) is 5.59. The zero-order chi connectivity index (χ0) is 20.3. The fourth-order valence-electron chi connectivity index (χ4n) is 4.01. The number of fused-ring (bicyclic) bond motifs is 1. The number of nitrogens with zero attached hydrogens (tertiary/aromatic N) is 3. The van der Waals surface area contributed by atoms with Crippen molar-refractivity contribution in [3.05, 3.63) is 36.0 Å². The summed E-state index contributed by atoms with van der Waals surface area (Å²) in [6.45, 7) is 8.71. The Labute approximate surface area is 166 Å². The van der Waals surface area contributed by atoms with Crippen molar-refractivity contribution < 1.29 is 14.4 Å². The molecular formula is C22H29N3O3. The maximum absolute atomic E-state index is 13.0. The molecule has 1 saturated heterocycles. The van der Waals surface area contributed by atoms with Crippen molar-refractivity contribution in [2.45, 2.75) is 40.2 Å². The van der Waals surface area contributed by atoms with Gasteiger partial charge in [-0.1, -0.05) is 25.1 Å². The van der Waals surface area contributed by atoms with Gasteiger partial charge in [0.1, 0.15) is 6.54 Å². The summed E-state index contributed by atoms with van der Waals surface area (Å²) in [6, 6.07) is 7.45. The van der Waals surface area contributed by atoms with Gasteiger partial charge < -0.3 is 14.4 Å². The number of rotatable bonds is 6. The van der Waals surface area contributed by atoms with Gasteiger partial charge in [-0.3, -0.25) is 14.4 Å². The first-order valence-electron chi connectivity index (χ1n) is 10.2. The molecule has 1 aliphatic rings. The predicted octanol–water partition coefficient (Wildman–Crippen LogP) is 2.95. The monoisotopic (exact) mass is 383 g/mol. The fourth-order valence-corrected chi connectivity index (χ4v) is 4.01. The molecule has 0 spiro atoms. The SMILES string of the molecule is CCN(CC)C(=O)Cn1cc(C(=O)C(=O)N2CCCC(C)C2)c2ccccc21. The molecule has 1 fully saturated rings. The van der Waals surface area contributed by atoms with Gasteiger partial charge in [0.05, 0.1) is 5.56 Å². The number of Topliss-reactive ketones (excluding diaryl/α,β-unsaturated/α-hetero) is 1. The lowest BCUT2D eigenvalue weighted by atomic mass is 9.99. The Morgan fingerprint density at radius 3 is 2.54 bits per heavy atom. The fraction of sp³-hybridized carbons (Fsp3) is 0.500. The van der Waals surface area contributed by atoms with Crippen LogP contribution in [0.5, 0.6) is 0 Å². The average Bonchev–Trinajstić information content (AvgIpc) is 3.06. The molecule has 150 valence electrons. The van der Waals surface area contributed by atoms with E-state index in [-0.39, 0.29) is 12.5 Å². The zero-order valence-corrected chi connectivity index (χ0v) is 17.0. The molecule has 1 atom stereocenters. The van der Waals surface area contributed by atoms with Crippen molar-refractivity contribution >= 4 is 28.5 Å². The lowest BCUT2D eigenvalue weighted by Crippen LogP contribution is -2.42. The molecule has 2 heterocycles. The molecule has 0 bridgehead atoms. The van der Waals surface area contributed by atoms with Crippen LogP contribution in [0.25, 0.3) is 10.9 Å². The van der Waals surface area contributed by atoms with Crippen molar-refractivity contribution in [1.82, 2.24) is 14.4 Å². The molecule has 0 N–H and O–H groups in total. The topological polar surface area (TPSA) is 62.6 Å². The van der Waals surface area contributed by atoms with Crippen molar-refractivity contribution in [3.63, 3.8) is 0 Å². The van der Waals surface area contributed by atoms with Crippen LogP contribution >= 0.6 is 0 Å². The van der Waals surface area contributed by atoms with Gasteiger partial charge in [0.2, 0.25) is 5.91 Å². The van der Waals surface area contributed by atoms with Crippen molar-refractivity contribution in [3.8, 4) is 0 Å². The number of carbonyl (C=O) groups excluding carboxylic acids is 3. The summed E-state index contributed by atoms with van der Waals surface area (Å²) in [5.74, 6) is -0.511. The molecule has 6 nitrogen and oxygen atoms in total. The first kappa shape index (κ1) is 20.1. The molecule has 2 aromatic rings. The Hall–Kier alpha value is -2.63. The molecule has 1 aromatic heterocycles. The van der Waals surface area contributed by atoms with E-state index in [0.29, 0.717) is 37.7 Å². The Bertz CT molecular complexity index is 882. The van der Waals surface area contributed by atoms with Crippen LogP contribution in [0.3, 0.4) is 0 Å². The number of amides is 2. The summed E-state index contributed by atoms with van der Waals surface area (Å²) in [5.41, 5.74) is 1.18. The molecule has 1 aliphatic heterocycles. The lowest BCUT2D eigenvalue weighted by Gasteiger charge is -2.30. The van der Waals surface area contributed by atoms with Crippen molar-refractivity contribution in [2.24, 2.45) is 5.92 Å². The van der Waals surface area contributed by atoms with E-state index in [1.54, 1.807) is 20.6 Å². The van der Waals surface area contributed by atoms with Gasteiger partial charge in [-0.25, -0.2) is 0 Å². The Balaban J connectivity index is 1.90. The minimum Gasteiger partial charge on any atom is -0.342 e. The number of piperidine rings is 1. The average molecular weight is 383 g/mol. The molecule has 0 saturated carbocycles. The highest BCUT2D eigenvalue weighted by atomic mass is 16.2. The maximum Gasteiger partial charge on any atom is 0.295 e. The second-order valence-electron chi connectivity index (χ2n) is 7.58. The predicted molar refractivity (Wildman–Crippen MR) is 109 cm³/mol. The van der Waals surface area contributed by atoms with Crippen LogP contribution in [0.15, 0.2) is 30.5 Å². The van der Waals surface area contributed by atoms with Crippen LogP contribution in [-0.4, -0.2) is 58.1 Å². The van der Waals surface area contributed by atoms with Gasteiger partial charge in [0.25, 0.3) is 11.7 Å². The van der Waals surface area contributed by atoms with Crippen LogP contribution in [0.1, 0.15) is 44.0 Å². The number of benzene rings is 1. The molecule has 2 amide bonds. The van der Waals surface area contributed by atoms with E-state index >= 15 is 0 Å². The quantitative estimate of drug-likeness (QED) is 0.569.